The van der Waals surface area contributed by atoms with Crippen LogP contribution in [0.3, 0.4) is 0 Å². The molecule has 0 bridgehead atoms. The predicted octanol–water partition coefficient (Wildman–Crippen LogP) is 3.20. The van der Waals surface area contributed by atoms with Crippen molar-refractivity contribution < 1.29 is 23.4 Å². The first-order valence-electron chi connectivity index (χ1n) is 5.55. The lowest BCUT2D eigenvalue weighted by atomic mass is 9.94. The topological polar surface area (TPSA) is 46.5 Å². The Balaban J connectivity index is 3.23. The molecule has 3 nitrogen and oxygen atoms in total. The van der Waals surface area contributed by atoms with Gasteiger partial charge < -0.3 is 9.84 Å². The molecule has 0 heterocycles. The van der Waals surface area contributed by atoms with Crippen molar-refractivity contribution in [2.45, 2.75) is 26.7 Å². The van der Waals surface area contributed by atoms with Gasteiger partial charge in [0.05, 0.1) is 18.6 Å². The zero-order valence-corrected chi connectivity index (χ0v) is 10.5. The highest BCUT2D eigenvalue weighted by Crippen LogP contribution is 2.35. The van der Waals surface area contributed by atoms with Crippen LogP contribution in [0, 0.1) is 12.8 Å². The molecule has 100 valence electrons. The molecule has 5 heteroatoms. The monoisotopic (exact) mass is 258 g/mol. The van der Waals surface area contributed by atoms with Gasteiger partial charge in [0.1, 0.15) is 5.75 Å². The molecule has 0 aliphatic rings. The Bertz CT molecular complexity index is 444. The second-order valence-corrected chi connectivity index (χ2v) is 4.23. The Labute approximate surface area is 104 Å². The SMILES string of the molecule is COc1c(C(F)F)ccc(C)c1CC(C)C(=O)O. The minimum atomic E-state index is -2.64. The summed E-state index contributed by atoms with van der Waals surface area (Å²) in [7, 11) is 1.32. The van der Waals surface area contributed by atoms with E-state index in [1.807, 2.05) is 0 Å². The smallest absolute Gasteiger partial charge is 0.306 e. The summed E-state index contributed by atoms with van der Waals surface area (Å²) in [6.45, 7) is 3.29. The van der Waals surface area contributed by atoms with Crippen molar-refractivity contribution in [3.05, 3.63) is 28.8 Å². The van der Waals surface area contributed by atoms with Gasteiger partial charge >= 0.3 is 5.97 Å². The molecule has 1 atom stereocenters. The summed E-state index contributed by atoms with van der Waals surface area (Å²) >= 11 is 0. The van der Waals surface area contributed by atoms with Crippen molar-refractivity contribution in [1.82, 2.24) is 0 Å². The molecule has 0 radical (unpaired) electrons. The fourth-order valence-corrected chi connectivity index (χ4v) is 1.80. The van der Waals surface area contributed by atoms with Gasteiger partial charge in [-0.25, -0.2) is 8.78 Å². The summed E-state index contributed by atoms with van der Waals surface area (Å²) in [5.74, 6) is -1.51. The van der Waals surface area contributed by atoms with E-state index in [4.69, 9.17) is 9.84 Å². The fraction of sp³-hybridized carbons (Fsp3) is 0.462. The van der Waals surface area contributed by atoms with Crippen molar-refractivity contribution in [3.63, 3.8) is 0 Å². The maximum absolute atomic E-state index is 12.8. The molecule has 0 aliphatic heterocycles. The van der Waals surface area contributed by atoms with Crippen LogP contribution in [0.15, 0.2) is 12.1 Å². The summed E-state index contributed by atoms with van der Waals surface area (Å²) in [4.78, 5) is 10.8. The van der Waals surface area contributed by atoms with E-state index in [0.717, 1.165) is 5.56 Å². The lowest BCUT2D eigenvalue weighted by Gasteiger charge is -2.17. The largest absolute Gasteiger partial charge is 0.496 e. The average molecular weight is 258 g/mol. The summed E-state index contributed by atoms with van der Waals surface area (Å²) in [5.41, 5.74) is 1.09. The Kier molecular flexibility index (Phi) is 4.64. The highest BCUT2D eigenvalue weighted by molar-refractivity contribution is 5.70. The van der Waals surface area contributed by atoms with Crippen LogP contribution in [-0.4, -0.2) is 18.2 Å². The van der Waals surface area contributed by atoms with E-state index in [9.17, 15) is 13.6 Å². The lowest BCUT2D eigenvalue weighted by molar-refractivity contribution is -0.141. The molecule has 0 spiro atoms. The number of carboxylic acids is 1. The number of methoxy groups -OCH3 is 1. The first-order valence-corrected chi connectivity index (χ1v) is 5.55. The maximum Gasteiger partial charge on any atom is 0.306 e. The summed E-state index contributed by atoms with van der Waals surface area (Å²) in [6, 6.07) is 2.88. The van der Waals surface area contributed by atoms with E-state index in [0.29, 0.717) is 5.56 Å². The molecule has 1 rings (SSSR count). The number of halogens is 2. The van der Waals surface area contributed by atoms with Crippen LogP contribution >= 0.6 is 0 Å². The van der Waals surface area contributed by atoms with Crippen LogP contribution in [-0.2, 0) is 11.2 Å². The quantitative estimate of drug-likeness (QED) is 0.882. The molecule has 1 unspecified atom stereocenters. The molecule has 1 aromatic carbocycles. The Morgan fingerprint density at radius 1 is 1.44 bits per heavy atom. The number of hydrogen-bond acceptors (Lipinski definition) is 2. The van der Waals surface area contributed by atoms with Crippen LogP contribution in [0.5, 0.6) is 5.75 Å². The van der Waals surface area contributed by atoms with E-state index >= 15 is 0 Å². The molecule has 0 amide bonds. The van der Waals surface area contributed by atoms with Crippen LogP contribution in [0.1, 0.15) is 30.0 Å². The number of rotatable bonds is 5. The Morgan fingerprint density at radius 3 is 2.50 bits per heavy atom. The maximum atomic E-state index is 12.8. The minimum absolute atomic E-state index is 0.0955. The van der Waals surface area contributed by atoms with E-state index in [2.05, 4.69) is 0 Å². The fourth-order valence-electron chi connectivity index (χ4n) is 1.80. The summed E-state index contributed by atoms with van der Waals surface area (Å²) in [6.07, 6.45) is -2.47. The molecule has 1 N–H and O–H groups in total. The normalized spacial score (nSPS) is 12.6. The minimum Gasteiger partial charge on any atom is -0.496 e. The van der Waals surface area contributed by atoms with Gasteiger partial charge in [0.2, 0.25) is 0 Å². The average Bonchev–Trinajstić information content (AvgIpc) is 2.30. The van der Waals surface area contributed by atoms with Crippen molar-refractivity contribution >= 4 is 5.97 Å². The van der Waals surface area contributed by atoms with Crippen molar-refractivity contribution in [2.75, 3.05) is 7.11 Å². The van der Waals surface area contributed by atoms with Gasteiger partial charge in [-0.05, 0) is 30.5 Å². The van der Waals surface area contributed by atoms with Gasteiger partial charge in [0.15, 0.2) is 0 Å². The third kappa shape index (κ3) is 2.97. The highest BCUT2D eigenvalue weighted by Gasteiger charge is 2.22. The number of carboxylic acid groups (broad SMARTS) is 1. The lowest BCUT2D eigenvalue weighted by Crippen LogP contribution is -2.14. The first-order chi connectivity index (χ1) is 8.38. The Morgan fingerprint density at radius 2 is 2.06 bits per heavy atom. The third-order valence-corrected chi connectivity index (χ3v) is 2.90. The molecule has 18 heavy (non-hydrogen) atoms. The van der Waals surface area contributed by atoms with Crippen LogP contribution < -0.4 is 4.74 Å². The number of ether oxygens (including phenoxy) is 1. The second-order valence-electron chi connectivity index (χ2n) is 4.23. The van der Waals surface area contributed by atoms with Crippen molar-refractivity contribution in [3.8, 4) is 5.75 Å². The molecule has 0 saturated heterocycles. The van der Waals surface area contributed by atoms with Gasteiger partial charge in [-0.3, -0.25) is 4.79 Å². The molecule has 0 fully saturated rings. The second kappa shape index (κ2) is 5.80. The summed E-state index contributed by atoms with van der Waals surface area (Å²) in [5, 5.41) is 8.89. The number of hydrogen-bond donors (Lipinski definition) is 1. The van der Waals surface area contributed by atoms with Gasteiger partial charge in [-0.2, -0.15) is 0 Å². The van der Waals surface area contributed by atoms with Crippen LogP contribution in [0.4, 0.5) is 8.78 Å². The van der Waals surface area contributed by atoms with Crippen LogP contribution in [0.2, 0.25) is 0 Å². The van der Waals surface area contributed by atoms with Gasteiger partial charge in [0, 0.05) is 0 Å². The zero-order valence-electron chi connectivity index (χ0n) is 10.5. The molecular formula is C13H16F2O3. The molecule has 0 aliphatic carbocycles. The molecule has 1 aromatic rings. The van der Waals surface area contributed by atoms with Gasteiger partial charge in [-0.15, -0.1) is 0 Å². The number of alkyl halides is 2. The van der Waals surface area contributed by atoms with Gasteiger partial charge in [-0.1, -0.05) is 13.0 Å². The van der Waals surface area contributed by atoms with E-state index in [1.54, 1.807) is 13.0 Å². The number of carbonyl (C=O) groups is 1. The van der Waals surface area contributed by atoms with E-state index in [-0.39, 0.29) is 17.7 Å². The predicted molar refractivity (Wildman–Crippen MR) is 63.2 cm³/mol. The first kappa shape index (κ1) is 14.4. The molecule has 0 saturated carbocycles. The number of benzene rings is 1. The molecular weight excluding hydrogens is 242 g/mol. The van der Waals surface area contributed by atoms with E-state index < -0.39 is 18.3 Å². The third-order valence-electron chi connectivity index (χ3n) is 2.90. The van der Waals surface area contributed by atoms with Crippen LogP contribution in [0.25, 0.3) is 0 Å². The Hall–Kier alpha value is -1.65. The highest BCUT2D eigenvalue weighted by atomic mass is 19.3. The number of aliphatic carboxylic acids is 1. The van der Waals surface area contributed by atoms with Crippen molar-refractivity contribution in [1.29, 1.82) is 0 Å². The van der Waals surface area contributed by atoms with Crippen molar-refractivity contribution in [2.24, 2.45) is 5.92 Å². The summed E-state index contributed by atoms with van der Waals surface area (Å²) < 4.78 is 30.7. The number of aryl methyl sites for hydroxylation is 1. The standard InChI is InChI=1S/C13H16F2O3/c1-7-4-5-9(12(14)15)11(18-3)10(7)6-8(2)13(16)17/h4-5,8,12H,6H2,1-3H3,(H,16,17). The van der Waals surface area contributed by atoms with E-state index in [1.165, 1.54) is 20.1 Å². The zero-order chi connectivity index (χ0) is 13.9. The molecule has 0 aromatic heterocycles. The van der Waals surface area contributed by atoms with Gasteiger partial charge in [0.25, 0.3) is 6.43 Å².